The van der Waals surface area contributed by atoms with Gasteiger partial charge in [0.25, 0.3) is 0 Å². The quantitative estimate of drug-likeness (QED) is 0.688. The Balaban J connectivity index is 2.10. The number of hydrogen-bond acceptors (Lipinski definition) is 3. The van der Waals surface area contributed by atoms with Gasteiger partial charge in [-0.2, -0.15) is 5.10 Å². The fourth-order valence-corrected chi connectivity index (χ4v) is 2.45. The van der Waals surface area contributed by atoms with Gasteiger partial charge in [-0.25, -0.2) is 0 Å². The Morgan fingerprint density at radius 2 is 2.20 bits per heavy atom. The van der Waals surface area contributed by atoms with Crippen molar-refractivity contribution in [1.82, 2.24) is 9.78 Å². The zero-order chi connectivity index (χ0) is 14.3. The highest BCUT2D eigenvalue weighted by Crippen LogP contribution is 2.25. The molecule has 0 fully saturated rings. The van der Waals surface area contributed by atoms with Crippen LogP contribution in [0.2, 0.25) is 5.02 Å². The molecule has 0 spiro atoms. The Morgan fingerprint density at radius 1 is 1.40 bits per heavy atom. The molecule has 0 aliphatic heterocycles. The molecule has 4 nitrogen and oxygen atoms in total. The Labute approximate surface area is 120 Å². The molecule has 3 rings (SSSR count). The molecule has 0 amide bonds. The van der Waals surface area contributed by atoms with Crippen LogP contribution in [0.4, 0.5) is 0 Å². The van der Waals surface area contributed by atoms with E-state index in [0.717, 1.165) is 10.9 Å². The first-order valence-electron chi connectivity index (χ1n) is 6.36. The van der Waals surface area contributed by atoms with Gasteiger partial charge in [0.2, 0.25) is 5.78 Å². The molecule has 1 aromatic carbocycles. The molecule has 0 bridgehead atoms. The first-order chi connectivity index (χ1) is 9.60. The predicted octanol–water partition coefficient (Wildman–Crippen LogP) is 3.84. The van der Waals surface area contributed by atoms with E-state index in [2.05, 4.69) is 5.10 Å². The van der Waals surface area contributed by atoms with Crippen LogP contribution in [-0.2, 0) is 6.54 Å². The lowest BCUT2D eigenvalue weighted by Gasteiger charge is -2.01. The predicted molar refractivity (Wildman–Crippen MR) is 77.3 cm³/mol. The zero-order valence-electron chi connectivity index (χ0n) is 11.2. The number of aryl methyl sites for hydroxylation is 2. The molecule has 0 aliphatic carbocycles. The molecule has 0 unspecified atom stereocenters. The van der Waals surface area contributed by atoms with Gasteiger partial charge in [0, 0.05) is 11.9 Å². The Bertz CT molecular complexity index is 801. The van der Waals surface area contributed by atoms with Gasteiger partial charge < -0.3 is 4.42 Å². The highest BCUT2D eigenvalue weighted by molar-refractivity contribution is 6.34. The number of carbonyl (C=O) groups is 1. The molecule has 0 radical (unpaired) electrons. The summed E-state index contributed by atoms with van der Waals surface area (Å²) >= 11 is 6.05. The summed E-state index contributed by atoms with van der Waals surface area (Å²) in [5.41, 5.74) is 2.18. The number of hydrogen-bond donors (Lipinski definition) is 0. The van der Waals surface area contributed by atoms with Crippen molar-refractivity contribution in [3.63, 3.8) is 0 Å². The van der Waals surface area contributed by atoms with E-state index in [1.807, 2.05) is 32.0 Å². The molecular formula is C15H13ClN2O2. The average Bonchev–Trinajstić information content (AvgIpc) is 3.00. The molecule has 0 N–H and O–H groups in total. The van der Waals surface area contributed by atoms with Gasteiger partial charge in [-0.15, -0.1) is 0 Å². The summed E-state index contributed by atoms with van der Waals surface area (Å²) in [5, 5.41) is 5.32. The monoisotopic (exact) mass is 288 g/mol. The third-order valence-electron chi connectivity index (χ3n) is 3.21. The molecule has 102 valence electrons. The van der Waals surface area contributed by atoms with Crippen LogP contribution in [0, 0.1) is 6.92 Å². The molecule has 0 saturated carbocycles. The number of nitrogens with zero attached hydrogens (tertiary/aromatic N) is 2. The number of ketones is 1. The summed E-state index contributed by atoms with van der Waals surface area (Å²) in [6.45, 7) is 4.48. The summed E-state index contributed by atoms with van der Waals surface area (Å²) in [5.74, 6) is 0.0332. The number of benzene rings is 1. The standard InChI is InChI=1S/C15H13ClN2O2/c1-3-18-14(11(16)8-17-18)15(19)13-7-10-6-9(2)4-5-12(10)20-13/h4-8H,3H2,1-2H3. The van der Waals surface area contributed by atoms with E-state index in [0.29, 0.717) is 22.8 Å². The van der Waals surface area contributed by atoms with Gasteiger partial charge in [-0.3, -0.25) is 9.48 Å². The minimum Gasteiger partial charge on any atom is -0.453 e. The van der Waals surface area contributed by atoms with Crippen molar-refractivity contribution >= 4 is 28.4 Å². The third-order valence-corrected chi connectivity index (χ3v) is 3.48. The van der Waals surface area contributed by atoms with Gasteiger partial charge >= 0.3 is 0 Å². The lowest BCUT2D eigenvalue weighted by molar-refractivity contribution is 0.100. The van der Waals surface area contributed by atoms with Crippen molar-refractivity contribution in [3.05, 3.63) is 52.5 Å². The van der Waals surface area contributed by atoms with Crippen molar-refractivity contribution in [1.29, 1.82) is 0 Å². The van der Waals surface area contributed by atoms with Crippen LogP contribution in [0.3, 0.4) is 0 Å². The summed E-state index contributed by atoms with van der Waals surface area (Å²) in [6.07, 6.45) is 1.48. The maximum Gasteiger partial charge on any atom is 0.247 e. The second kappa shape index (κ2) is 4.80. The Hall–Kier alpha value is -2.07. The number of rotatable bonds is 3. The Kier molecular flexibility index (Phi) is 3.10. The van der Waals surface area contributed by atoms with Crippen molar-refractivity contribution in [2.75, 3.05) is 0 Å². The maximum atomic E-state index is 12.5. The SMILES string of the molecule is CCn1ncc(Cl)c1C(=O)c1cc2cc(C)ccc2o1. The lowest BCUT2D eigenvalue weighted by atomic mass is 10.1. The van der Waals surface area contributed by atoms with Gasteiger partial charge in [0.05, 0.1) is 11.2 Å². The van der Waals surface area contributed by atoms with Crippen molar-refractivity contribution < 1.29 is 9.21 Å². The summed E-state index contributed by atoms with van der Waals surface area (Å²) in [4.78, 5) is 12.5. The first-order valence-corrected chi connectivity index (χ1v) is 6.74. The molecule has 5 heteroatoms. The molecule has 0 aliphatic rings. The second-order valence-electron chi connectivity index (χ2n) is 4.64. The van der Waals surface area contributed by atoms with Crippen LogP contribution in [-0.4, -0.2) is 15.6 Å². The van der Waals surface area contributed by atoms with Crippen LogP contribution in [0.5, 0.6) is 0 Å². The van der Waals surface area contributed by atoms with E-state index in [-0.39, 0.29) is 11.5 Å². The summed E-state index contributed by atoms with van der Waals surface area (Å²) in [6, 6.07) is 7.53. The van der Waals surface area contributed by atoms with Crippen molar-refractivity contribution in [2.24, 2.45) is 0 Å². The van der Waals surface area contributed by atoms with Gasteiger partial charge in [0.15, 0.2) is 5.76 Å². The van der Waals surface area contributed by atoms with Crippen molar-refractivity contribution in [2.45, 2.75) is 20.4 Å². The largest absolute Gasteiger partial charge is 0.453 e. The van der Waals surface area contributed by atoms with Crippen LogP contribution < -0.4 is 0 Å². The van der Waals surface area contributed by atoms with Crippen LogP contribution in [0.15, 0.2) is 34.9 Å². The number of carbonyl (C=O) groups excluding carboxylic acids is 1. The molecular weight excluding hydrogens is 276 g/mol. The molecule has 0 atom stereocenters. The first kappa shape index (κ1) is 12.9. The van der Waals surface area contributed by atoms with E-state index < -0.39 is 0 Å². The van der Waals surface area contributed by atoms with Crippen LogP contribution in [0.1, 0.15) is 28.7 Å². The van der Waals surface area contributed by atoms with Crippen LogP contribution >= 0.6 is 11.6 Å². The highest BCUT2D eigenvalue weighted by Gasteiger charge is 2.22. The van der Waals surface area contributed by atoms with Gasteiger partial charge in [-0.1, -0.05) is 23.2 Å². The average molecular weight is 289 g/mol. The third kappa shape index (κ3) is 2.02. The fourth-order valence-electron chi connectivity index (χ4n) is 2.22. The van der Waals surface area contributed by atoms with Gasteiger partial charge in [0.1, 0.15) is 11.3 Å². The minimum atomic E-state index is -0.247. The normalized spacial score (nSPS) is 11.2. The Morgan fingerprint density at radius 3 is 2.95 bits per heavy atom. The van der Waals surface area contributed by atoms with E-state index in [4.69, 9.17) is 16.0 Å². The number of aromatic nitrogens is 2. The molecule has 20 heavy (non-hydrogen) atoms. The van der Waals surface area contributed by atoms with E-state index in [1.165, 1.54) is 6.20 Å². The molecule has 2 aromatic heterocycles. The van der Waals surface area contributed by atoms with Crippen LogP contribution in [0.25, 0.3) is 11.0 Å². The van der Waals surface area contributed by atoms with E-state index in [9.17, 15) is 4.79 Å². The highest BCUT2D eigenvalue weighted by atomic mass is 35.5. The minimum absolute atomic E-state index is 0.247. The number of halogens is 1. The fraction of sp³-hybridized carbons (Fsp3) is 0.200. The molecule has 0 saturated heterocycles. The number of fused-ring (bicyclic) bond motifs is 1. The molecule has 2 heterocycles. The second-order valence-corrected chi connectivity index (χ2v) is 5.05. The lowest BCUT2D eigenvalue weighted by Crippen LogP contribution is -2.10. The smallest absolute Gasteiger partial charge is 0.247 e. The number of furan rings is 1. The van der Waals surface area contributed by atoms with E-state index in [1.54, 1.807) is 10.7 Å². The maximum absolute atomic E-state index is 12.5. The van der Waals surface area contributed by atoms with E-state index >= 15 is 0 Å². The topological polar surface area (TPSA) is 48.0 Å². The summed E-state index contributed by atoms with van der Waals surface area (Å²) < 4.78 is 7.19. The summed E-state index contributed by atoms with van der Waals surface area (Å²) in [7, 11) is 0. The van der Waals surface area contributed by atoms with Gasteiger partial charge in [-0.05, 0) is 32.0 Å². The molecule has 3 aromatic rings. The zero-order valence-corrected chi connectivity index (χ0v) is 11.9. The van der Waals surface area contributed by atoms with Crippen molar-refractivity contribution in [3.8, 4) is 0 Å².